The lowest BCUT2D eigenvalue weighted by molar-refractivity contribution is -0.0328. The van der Waals surface area contributed by atoms with Gasteiger partial charge in [0.05, 0.1) is 0 Å². The van der Waals surface area contributed by atoms with Crippen molar-refractivity contribution in [1.29, 1.82) is 0 Å². The predicted octanol–water partition coefficient (Wildman–Crippen LogP) is 4.96. The van der Waals surface area contributed by atoms with Crippen molar-refractivity contribution < 1.29 is 13.2 Å². The van der Waals surface area contributed by atoms with Crippen LogP contribution in [0.1, 0.15) is 5.56 Å². The smallest absolute Gasteiger partial charge is 0.381 e. The van der Waals surface area contributed by atoms with E-state index in [1.807, 2.05) is 0 Å². The van der Waals surface area contributed by atoms with Crippen LogP contribution in [-0.4, -0.2) is 10.5 Å². The number of anilines is 1. The Bertz CT molecular complexity index is 573. The first-order valence-corrected chi connectivity index (χ1v) is 6.82. The van der Waals surface area contributed by atoms with Gasteiger partial charge in [-0.05, 0) is 41.6 Å². The van der Waals surface area contributed by atoms with Crippen LogP contribution in [0.2, 0.25) is 5.15 Å². The molecule has 0 fully saturated rings. The zero-order valence-corrected chi connectivity index (χ0v) is 11.7. The molecule has 0 saturated heterocycles. The second kappa shape index (κ2) is 6.37. The molecular weight excluding hydrogens is 309 g/mol. The van der Waals surface area contributed by atoms with Gasteiger partial charge in [0, 0.05) is 23.3 Å². The Labute approximate surface area is 123 Å². The molecule has 20 heavy (non-hydrogen) atoms. The average Bonchev–Trinajstić information content (AvgIpc) is 2.36. The number of pyridine rings is 1. The third kappa shape index (κ3) is 4.94. The lowest BCUT2D eigenvalue weighted by Crippen LogP contribution is -2.01. The summed E-state index contributed by atoms with van der Waals surface area (Å²) in [4.78, 5) is 4.03. The number of nitrogens with zero attached hydrogens (tertiary/aromatic N) is 1. The van der Waals surface area contributed by atoms with Gasteiger partial charge in [-0.2, -0.15) is 13.2 Å². The highest BCUT2D eigenvalue weighted by atomic mass is 35.5. The highest BCUT2D eigenvalue weighted by Crippen LogP contribution is 2.36. The lowest BCUT2D eigenvalue weighted by Gasteiger charge is -2.08. The van der Waals surface area contributed by atoms with Crippen LogP contribution in [0.3, 0.4) is 0 Å². The minimum atomic E-state index is -4.26. The summed E-state index contributed by atoms with van der Waals surface area (Å²) in [5, 5.41) is 3.50. The summed E-state index contributed by atoms with van der Waals surface area (Å²) in [6.45, 7) is 0.497. The summed E-state index contributed by atoms with van der Waals surface area (Å²) in [6, 6.07) is 9.66. The van der Waals surface area contributed by atoms with E-state index in [9.17, 15) is 13.2 Å². The van der Waals surface area contributed by atoms with Gasteiger partial charge < -0.3 is 5.32 Å². The van der Waals surface area contributed by atoms with E-state index in [-0.39, 0.29) is 16.7 Å². The first-order valence-electron chi connectivity index (χ1n) is 5.62. The first kappa shape index (κ1) is 15.0. The molecule has 0 unspecified atom stereocenters. The maximum atomic E-state index is 12.2. The molecule has 0 aliphatic heterocycles. The van der Waals surface area contributed by atoms with Crippen LogP contribution in [-0.2, 0) is 6.54 Å². The Morgan fingerprint density at radius 3 is 2.45 bits per heavy atom. The van der Waals surface area contributed by atoms with Crippen LogP contribution in [0, 0.1) is 0 Å². The number of alkyl halides is 3. The number of rotatable bonds is 4. The maximum absolute atomic E-state index is 12.2. The third-order valence-electron chi connectivity index (χ3n) is 2.38. The minimum Gasteiger partial charge on any atom is -0.381 e. The molecule has 2 rings (SSSR count). The fourth-order valence-electron chi connectivity index (χ4n) is 1.53. The lowest BCUT2D eigenvalue weighted by atomic mass is 10.2. The molecule has 7 heteroatoms. The van der Waals surface area contributed by atoms with Gasteiger partial charge >= 0.3 is 5.51 Å². The quantitative estimate of drug-likeness (QED) is 0.637. The van der Waals surface area contributed by atoms with Crippen LogP contribution in [0.15, 0.2) is 47.5 Å². The van der Waals surface area contributed by atoms with Crippen molar-refractivity contribution in [2.45, 2.75) is 16.9 Å². The third-order valence-corrected chi connectivity index (χ3v) is 3.33. The SMILES string of the molecule is FC(F)(F)Sc1ccc(CNc2ccnc(Cl)c2)cc1. The second-order valence-electron chi connectivity index (χ2n) is 3.91. The second-order valence-corrected chi connectivity index (χ2v) is 5.44. The zero-order chi connectivity index (χ0) is 14.6. The van der Waals surface area contributed by atoms with Crippen molar-refractivity contribution in [2.75, 3.05) is 5.32 Å². The molecule has 0 saturated carbocycles. The number of hydrogen-bond acceptors (Lipinski definition) is 3. The molecule has 2 nitrogen and oxygen atoms in total. The number of nitrogens with one attached hydrogen (secondary N) is 1. The maximum Gasteiger partial charge on any atom is 0.446 e. The van der Waals surface area contributed by atoms with Gasteiger partial charge in [0.1, 0.15) is 5.15 Å². The van der Waals surface area contributed by atoms with Crippen LogP contribution >= 0.6 is 23.4 Å². The van der Waals surface area contributed by atoms with E-state index < -0.39 is 5.51 Å². The van der Waals surface area contributed by atoms with Crippen LogP contribution in [0.5, 0.6) is 0 Å². The topological polar surface area (TPSA) is 24.9 Å². The fourth-order valence-corrected chi connectivity index (χ4v) is 2.24. The molecule has 0 spiro atoms. The first-order chi connectivity index (χ1) is 9.42. The van der Waals surface area contributed by atoms with E-state index in [1.165, 1.54) is 12.1 Å². The fraction of sp³-hybridized carbons (Fsp3) is 0.154. The molecule has 1 heterocycles. The molecule has 1 N–H and O–H groups in total. The predicted molar refractivity (Wildman–Crippen MR) is 74.9 cm³/mol. The summed E-state index contributed by atoms with van der Waals surface area (Å²) in [6.07, 6.45) is 1.58. The summed E-state index contributed by atoms with van der Waals surface area (Å²) < 4.78 is 36.5. The zero-order valence-electron chi connectivity index (χ0n) is 10.1. The molecule has 0 bridgehead atoms. The molecule has 0 aliphatic rings. The van der Waals surface area contributed by atoms with Gasteiger partial charge in [-0.3, -0.25) is 0 Å². The summed E-state index contributed by atoms with van der Waals surface area (Å²) in [7, 11) is 0. The molecule has 106 valence electrons. The standard InChI is InChI=1S/C13H10ClF3N2S/c14-12-7-10(5-6-18-12)19-8-9-1-3-11(4-2-9)20-13(15,16)17/h1-7H,8H2,(H,18,19). The minimum absolute atomic E-state index is 0.120. The molecule has 1 aromatic heterocycles. The molecule has 2 aromatic rings. The Morgan fingerprint density at radius 1 is 1.15 bits per heavy atom. The van der Waals surface area contributed by atoms with E-state index in [2.05, 4.69) is 10.3 Å². The van der Waals surface area contributed by atoms with E-state index in [4.69, 9.17) is 11.6 Å². The molecule has 0 radical (unpaired) electrons. The van der Waals surface area contributed by atoms with Crippen LogP contribution in [0.25, 0.3) is 0 Å². The van der Waals surface area contributed by atoms with E-state index in [1.54, 1.807) is 30.5 Å². The van der Waals surface area contributed by atoms with Crippen molar-refractivity contribution in [1.82, 2.24) is 4.98 Å². The van der Waals surface area contributed by atoms with Crippen molar-refractivity contribution in [3.63, 3.8) is 0 Å². The Hall–Kier alpha value is -1.40. The Morgan fingerprint density at radius 2 is 1.85 bits per heavy atom. The van der Waals surface area contributed by atoms with Crippen molar-refractivity contribution in [2.24, 2.45) is 0 Å². The summed E-state index contributed by atoms with van der Waals surface area (Å²) >= 11 is 5.63. The molecule has 0 amide bonds. The monoisotopic (exact) mass is 318 g/mol. The normalized spacial score (nSPS) is 11.4. The highest BCUT2D eigenvalue weighted by Gasteiger charge is 2.28. The Kier molecular flexibility index (Phi) is 4.77. The number of hydrogen-bond donors (Lipinski definition) is 1. The van der Waals surface area contributed by atoms with Crippen LogP contribution in [0.4, 0.5) is 18.9 Å². The van der Waals surface area contributed by atoms with E-state index in [0.717, 1.165) is 11.3 Å². The van der Waals surface area contributed by atoms with E-state index in [0.29, 0.717) is 11.7 Å². The van der Waals surface area contributed by atoms with Gasteiger partial charge in [-0.25, -0.2) is 4.98 Å². The number of benzene rings is 1. The van der Waals surface area contributed by atoms with Gasteiger partial charge in [0.2, 0.25) is 0 Å². The highest BCUT2D eigenvalue weighted by molar-refractivity contribution is 8.00. The Balaban J connectivity index is 1.94. The van der Waals surface area contributed by atoms with Gasteiger partial charge in [-0.15, -0.1) is 0 Å². The average molecular weight is 319 g/mol. The number of halogens is 4. The summed E-state index contributed by atoms with van der Waals surface area (Å²) in [5.41, 5.74) is -2.57. The molecular formula is C13H10ClF3N2S. The van der Waals surface area contributed by atoms with E-state index >= 15 is 0 Å². The van der Waals surface area contributed by atoms with Crippen molar-refractivity contribution in [3.05, 3.63) is 53.3 Å². The largest absolute Gasteiger partial charge is 0.446 e. The van der Waals surface area contributed by atoms with Gasteiger partial charge in [-0.1, -0.05) is 23.7 Å². The number of thioether (sulfide) groups is 1. The summed E-state index contributed by atoms with van der Waals surface area (Å²) in [5.74, 6) is 0. The van der Waals surface area contributed by atoms with Crippen LogP contribution < -0.4 is 5.32 Å². The van der Waals surface area contributed by atoms with Crippen molar-refractivity contribution >= 4 is 29.1 Å². The number of aromatic nitrogens is 1. The molecule has 1 aromatic carbocycles. The molecule has 0 atom stereocenters. The van der Waals surface area contributed by atoms with Gasteiger partial charge in [0.25, 0.3) is 0 Å². The van der Waals surface area contributed by atoms with Gasteiger partial charge in [0.15, 0.2) is 0 Å². The molecule has 0 aliphatic carbocycles. The van der Waals surface area contributed by atoms with Crippen molar-refractivity contribution in [3.8, 4) is 0 Å².